The zero-order valence-corrected chi connectivity index (χ0v) is 11.3. The molecule has 0 saturated carbocycles. The Bertz CT molecular complexity index is 442. The molecule has 3 heteroatoms. The van der Waals surface area contributed by atoms with Crippen LogP contribution in [-0.4, -0.2) is 17.4 Å². The first-order valence-electron chi connectivity index (χ1n) is 6.69. The van der Waals surface area contributed by atoms with Crippen LogP contribution in [0.25, 0.3) is 0 Å². The van der Waals surface area contributed by atoms with E-state index in [-0.39, 0.29) is 5.91 Å². The molecule has 1 amide bonds. The second kappa shape index (κ2) is 5.42. The summed E-state index contributed by atoms with van der Waals surface area (Å²) in [6.45, 7) is 5.81. The fourth-order valence-corrected chi connectivity index (χ4v) is 2.42. The standard InChI is InChI=1S/C15H22N2O/c1-11-6-7-15(18)17(9-8-11)10-13-4-3-5-14(16)12(13)2/h3-5,11H,6-10,16H2,1-2H3. The number of nitrogens with two attached hydrogens (primary N) is 1. The van der Waals surface area contributed by atoms with Gasteiger partial charge in [-0.05, 0) is 42.9 Å². The Labute approximate surface area is 109 Å². The number of carbonyl (C=O) groups is 1. The Morgan fingerprint density at radius 1 is 1.39 bits per heavy atom. The van der Waals surface area contributed by atoms with Crippen molar-refractivity contribution in [1.82, 2.24) is 4.90 Å². The highest BCUT2D eigenvalue weighted by Gasteiger charge is 2.20. The van der Waals surface area contributed by atoms with Crippen molar-refractivity contribution in [3.05, 3.63) is 29.3 Å². The van der Waals surface area contributed by atoms with Gasteiger partial charge in [0.05, 0.1) is 0 Å². The fourth-order valence-electron chi connectivity index (χ4n) is 2.42. The van der Waals surface area contributed by atoms with Crippen molar-refractivity contribution in [2.24, 2.45) is 5.92 Å². The number of nitrogen functional groups attached to an aromatic ring is 1. The third kappa shape index (κ3) is 2.84. The lowest BCUT2D eigenvalue weighted by molar-refractivity contribution is -0.131. The van der Waals surface area contributed by atoms with Crippen molar-refractivity contribution in [2.75, 3.05) is 12.3 Å². The van der Waals surface area contributed by atoms with E-state index in [9.17, 15) is 4.79 Å². The molecule has 0 spiro atoms. The molecule has 2 N–H and O–H groups in total. The van der Waals surface area contributed by atoms with Gasteiger partial charge in [0.2, 0.25) is 5.91 Å². The van der Waals surface area contributed by atoms with Crippen LogP contribution in [0.3, 0.4) is 0 Å². The summed E-state index contributed by atoms with van der Waals surface area (Å²) in [6, 6.07) is 5.93. The van der Waals surface area contributed by atoms with Gasteiger partial charge in [0.15, 0.2) is 0 Å². The lowest BCUT2D eigenvalue weighted by atomic mass is 10.0. The predicted molar refractivity (Wildman–Crippen MR) is 74.0 cm³/mol. The normalized spacial score (nSPS) is 20.9. The average Bonchev–Trinajstić information content (AvgIpc) is 2.50. The summed E-state index contributed by atoms with van der Waals surface area (Å²) in [7, 11) is 0. The van der Waals surface area contributed by atoms with Crippen LogP contribution < -0.4 is 5.73 Å². The number of hydrogen-bond acceptors (Lipinski definition) is 2. The fraction of sp³-hybridized carbons (Fsp3) is 0.533. The minimum atomic E-state index is 0.279. The molecule has 1 aliphatic rings. The molecule has 1 aromatic rings. The first kappa shape index (κ1) is 12.9. The molecule has 2 rings (SSSR count). The molecule has 98 valence electrons. The average molecular weight is 246 g/mol. The second-order valence-corrected chi connectivity index (χ2v) is 5.38. The van der Waals surface area contributed by atoms with E-state index in [1.54, 1.807) is 0 Å². The molecule has 1 unspecified atom stereocenters. The third-order valence-electron chi connectivity index (χ3n) is 3.94. The van der Waals surface area contributed by atoms with E-state index in [1.165, 1.54) is 0 Å². The van der Waals surface area contributed by atoms with Gasteiger partial charge in [0.1, 0.15) is 0 Å². The van der Waals surface area contributed by atoms with Gasteiger partial charge in [-0.15, -0.1) is 0 Å². The first-order chi connectivity index (χ1) is 8.58. The van der Waals surface area contributed by atoms with Crippen LogP contribution in [0.5, 0.6) is 0 Å². The van der Waals surface area contributed by atoms with Gasteiger partial charge >= 0.3 is 0 Å². The van der Waals surface area contributed by atoms with E-state index in [1.807, 2.05) is 24.0 Å². The van der Waals surface area contributed by atoms with Crippen molar-refractivity contribution >= 4 is 11.6 Å². The van der Waals surface area contributed by atoms with Crippen molar-refractivity contribution in [2.45, 2.75) is 39.7 Å². The summed E-state index contributed by atoms with van der Waals surface area (Å²) in [5.41, 5.74) is 8.98. The van der Waals surface area contributed by atoms with Crippen molar-refractivity contribution in [1.29, 1.82) is 0 Å². The largest absolute Gasteiger partial charge is 0.399 e. The highest BCUT2D eigenvalue weighted by atomic mass is 16.2. The summed E-state index contributed by atoms with van der Waals surface area (Å²) in [6.07, 6.45) is 2.81. The number of nitrogens with zero attached hydrogens (tertiary/aromatic N) is 1. The monoisotopic (exact) mass is 246 g/mol. The quantitative estimate of drug-likeness (QED) is 0.816. The van der Waals surface area contributed by atoms with Gasteiger partial charge in [-0.25, -0.2) is 0 Å². The van der Waals surface area contributed by atoms with Crippen LogP contribution in [-0.2, 0) is 11.3 Å². The van der Waals surface area contributed by atoms with Crippen molar-refractivity contribution in [3.63, 3.8) is 0 Å². The third-order valence-corrected chi connectivity index (χ3v) is 3.94. The molecule has 1 saturated heterocycles. The minimum absolute atomic E-state index is 0.279. The molecule has 0 aromatic heterocycles. The van der Waals surface area contributed by atoms with Gasteiger partial charge in [-0.1, -0.05) is 19.1 Å². The van der Waals surface area contributed by atoms with E-state index in [4.69, 9.17) is 5.73 Å². The number of carbonyl (C=O) groups excluding carboxylic acids is 1. The van der Waals surface area contributed by atoms with E-state index in [0.29, 0.717) is 18.9 Å². The lowest BCUT2D eigenvalue weighted by Gasteiger charge is -2.22. The molecule has 0 radical (unpaired) electrons. The van der Waals surface area contributed by atoms with Crippen molar-refractivity contribution < 1.29 is 4.79 Å². The first-order valence-corrected chi connectivity index (χ1v) is 6.69. The Kier molecular flexibility index (Phi) is 3.90. The van der Waals surface area contributed by atoms with Gasteiger partial charge in [0.25, 0.3) is 0 Å². The smallest absolute Gasteiger partial charge is 0.222 e. The number of amides is 1. The Morgan fingerprint density at radius 2 is 2.17 bits per heavy atom. The maximum absolute atomic E-state index is 12.1. The molecule has 1 heterocycles. The van der Waals surface area contributed by atoms with E-state index < -0.39 is 0 Å². The Morgan fingerprint density at radius 3 is 2.94 bits per heavy atom. The van der Waals surface area contributed by atoms with E-state index >= 15 is 0 Å². The van der Waals surface area contributed by atoms with Crippen molar-refractivity contribution in [3.8, 4) is 0 Å². The molecule has 0 aliphatic carbocycles. The number of likely N-dealkylation sites (tertiary alicyclic amines) is 1. The van der Waals surface area contributed by atoms with Gasteiger partial charge in [-0.3, -0.25) is 4.79 Å². The van der Waals surface area contributed by atoms with Crippen LogP contribution >= 0.6 is 0 Å². The van der Waals surface area contributed by atoms with Gasteiger partial charge in [0, 0.05) is 25.2 Å². The summed E-state index contributed by atoms with van der Waals surface area (Å²) in [4.78, 5) is 14.0. The molecule has 1 fully saturated rings. The van der Waals surface area contributed by atoms with E-state index in [0.717, 1.165) is 36.2 Å². The summed E-state index contributed by atoms with van der Waals surface area (Å²) in [5, 5.41) is 0. The van der Waals surface area contributed by atoms with Crippen LogP contribution in [0.4, 0.5) is 5.69 Å². The molecule has 1 aromatic carbocycles. The predicted octanol–water partition coefficient (Wildman–Crippen LogP) is 2.73. The number of benzene rings is 1. The molecule has 1 aliphatic heterocycles. The Balaban J connectivity index is 2.12. The van der Waals surface area contributed by atoms with Crippen LogP contribution in [0.15, 0.2) is 18.2 Å². The minimum Gasteiger partial charge on any atom is -0.399 e. The summed E-state index contributed by atoms with van der Waals surface area (Å²) >= 11 is 0. The maximum atomic E-state index is 12.1. The molecule has 0 bridgehead atoms. The summed E-state index contributed by atoms with van der Waals surface area (Å²) in [5.74, 6) is 0.932. The Hall–Kier alpha value is -1.51. The van der Waals surface area contributed by atoms with E-state index in [2.05, 4.69) is 13.0 Å². The zero-order chi connectivity index (χ0) is 13.1. The van der Waals surface area contributed by atoms with Gasteiger partial charge in [-0.2, -0.15) is 0 Å². The molecule has 1 atom stereocenters. The number of rotatable bonds is 2. The molecule has 3 nitrogen and oxygen atoms in total. The summed E-state index contributed by atoms with van der Waals surface area (Å²) < 4.78 is 0. The molecular formula is C15H22N2O. The number of anilines is 1. The molecular weight excluding hydrogens is 224 g/mol. The lowest BCUT2D eigenvalue weighted by Crippen LogP contribution is -2.30. The van der Waals surface area contributed by atoms with Crippen LogP contribution in [0.2, 0.25) is 0 Å². The van der Waals surface area contributed by atoms with Crippen LogP contribution in [0, 0.1) is 12.8 Å². The van der Waals surface area contributed by atoms with Crippen LogP contribution in [0.1, 0.15) is 37.3 Å². The SMILES string of the molecule is Cc1c(N)cccc1CN1CCC(C)CCC1=O. The maximum Gasteiger partial charge on any atom is 0.222 e. The van der Waals surface area contributed by atoms with Gasteiger partial charge < -0.3 is 10.6 Å². The topological polar surface area (TPSA) is 46.3 Å². The highest BCUT2D eigenvalue weighted by Crippen LogP contribution is 2.22. The zero-order valence-electron chi connectivity index (χ0n) is 11.3. The molecule has 18 heavy (non-hydrogen) atoms. The highest BCUT2D eigenvalue weighted by molar-refractivity contribution is 5.76. The second-order valence-electron chi connectivity index (χ2n) is 5.38. The number of hydrogen-bond donors (Lipinski definition) is 1.